The molecule has 1 aromatic heterocycles. The van der Waals surface area contributed by atoms with Gasteiger partial charge in [0.15, 0.2) is 0 Å². The van der Waals surface area contributed by atoms with Crippen LogP contribution in [-0.2, 0) is 26.2 Å². The third-order valence-corrected chi connectivity index (χ3v) is 10.6. The summed E-state index contributed by atoms with van der Waals surface area (Å²) in [6, 6.07) is 17.3. The molecular formula is C38H40N4O6S. The first-order valence-corrected chi connectivity index (χ1v) is 18.0. The largest absolute Gasteiger partial charge is 0.496 e. The third kappa shape index (κ3) is 7.62. The number of nitrogens with one attached hydrogen (secondary N) is 1. The lowest BCUT2D eigenvalue weighted by molar-refractivity contribution is -0.125. The molecule has 2 aliphatic heterocycles. The molecule has 6 rings (SSSR count). The molecule has 3 aromatic carbocycles. The lowest BCUT2D eigenvalue weighted by atomic mass is 10.1. The molecule has 11 heteroatoms. The fraction of sp³-hybridized carbons (Fsp3) is 0.289. The molecule has 2 aliphatic rings. The number of nitrogens with zero attached hydrogens (tertiary/aromatic N) is 3. The fourth-order valence-corrected chi connectivity index (χ4v) is 7.63. The van der Waals surface area contributed by atoms with Crippen molar-refractivity contribution in [1.29, 1.82) is 0 Å². The molecule has 3 heterocycles. The summed E-state index contributed by atoms with van der Waals surface area (Å²) < 4.78 is 35.8. The number of aromatic nitrogens is 1. The molecule has 0 saturated carbocycles. The number of likely N-dealkylation sites (tertiary alicyclic amines) is 2. The monoisotopic (exact) mass is 680 g/mol. The number of aryl methyl sites for hydroxylation is 1. The minimum absolute atomic E-state index is 0.00223. The maximum Gasteiger partial charge on any atom is 0.265 e. The second-order valence-corrected chi connectivity index (χ2v) is 14.1. The van der Waals surface area contributed by atoms with E-state index in [0.717, 1.165) is 79.5 Å². The highest BCUT2D eigenvalue weighted by Crippen LogP contribution is 2.29. The van der Waals surface area contributed by atoms with Crippen LogP contribution in [0.1, 0.15) is 58.3 Å². The van der Waals surface area contributed by atoms with Gasteiger partial charge in [-0.2, -0.15) is 0 Å². The zero-order valence-corrected chi connectivity index (χ0v) is 28.5. The molecule has 0 bridgehead atoms. The van der Waals surface area contributed by atoms with E-state index in [0.29, 0.717) is 17.9 Å². The molecule has 0 atom stereocenters. The second kappa shape index (κ2) is 14.5. The molecule has 0 spiro atoms. The highest BCUT2D eigenvalue weighted by Gasteiger charge is 2.22. The summed E-state index contributed by atoms with van der Waals surface area (Å²) in [7, 11) is -2.59. The van der Waals surface area contributed by atoms with Crippen LogP contribution in [0.15, 0.2) is 83.9 Å². The lowest BCUT2D eigenvalue weighted by Gasteiger charge is -2.13. The number of fused-ring (bicyclic) bond motifs is 1. The molecule has 2 saturated heterocycles. The number of methoxy groups -OCH3 is 1. The van der Waals surface area contributed by atoms with Gasteiger partial charge in [-0.3, -0.25) is 14.4 Å². The van der Waals surface area contributed by atoms with Crippen molar-refractivity contribution in [3.05, 3.63) is 107 Å². The van der Waals surface area contributed by atoms with Crippen LogP contribution in [0, 0.1) is 6.92 Å². The smallest absolute Gasteiger partial charge is 0.265 e. The molecule has 254 valence electrons. The van der Waals surface area contributed by atoms with E-state index < -0.39 is 15.9 Å². The maximum atomic E-state index is 13.1. The van der Waals surface area contributed by atoms with Gasteiger partial charge in [-0.25, -0.2) is 13.1 Å². The Morgan fingerprint density at radius 2 is 1.49 bits per heavy atom. The van der Waals surface area contributed by atoms with E-state index in [1.807, 2.05) is 50.9 Å². The van der Waals surface area contributed by atoms with Gasteiger partial charge < -0.3 is 19.1 Å². The van der Waals surface area contributed by atoms with Gasteiger partial charge in [-0.15, -0.1) is 0 Å². The number of carbonyl (C=O) groups is 3. The van der Waals surface area contributed by atoms with Gasteiger partial charge >= 0.3 is 0 Å². The van der Waals surface area contributed by atoms with Crippen LogP contribution >= 0.6 is 0 Å². The van der Waals surface area contributed by atoms with Gasteiger partial charge in [-0.05, 0) is 80.2 Å². The summed E-state index contributed by atoms with van der Waals surface area (Å²) in [5, 5.41) is 0.935. The highest BCUT2D eigenvalue weighted by atomic mass is 32.2. The minimum atomic E-state index is -4.08. The first kappa shape index (κ1) is 33.7. The standard InChI is InChI=1S/C38H40N4O6S/c1-27-9-3-4-10-35(27)49(46,47)39-38(45)29-13-14-31(34(24-29)48-2)26-42-25-30(15-18-37(44)41-21-7-8-22-41)32-16-11-28(23-33(32)42)12-17-36(43)40-19-5-6-20-40/h3-4,9-18,23-25H,5-8,19-22,26H2,1-2H3,(H,39,45)/b17-12+,18-15+. The van der Waals surface area contributed by atoms with Crippen molar-refractivity contribution >= 4 is 50.8 Å². The lowest BCUT2D eigenvalue weighted by Crippen LogP contribution is -2.31. The quantitative estimate of drug-likeness (QED) is 0.224. The Morgan fingerprint density at radius 3 is 2.14 bits per heavy atom. The zero-order chi connectivity index (χ0) is 34.5. The van der Waals surface area contributed by atoms with Crippen LogP contribution in [0.25, 0.3) is 23.1 Å². The first-order valence-electron chi connectivity index (χ1n) is 16.5. The Bertz CT molecular complexity index is 2070. The van der Waals surface area contributed by atoms with Crippen molar-refractivity contribution in [3.8, 4) is 5.75 Å². The predicted octanol–water partition coefficient (Wildman–Crippen LogP) is 5.40. The second-order valence-electron chi connectivity index (χ2n) is 12.4. The van der Waals surface area contributed by atoms with E-state index in [9.17, 15) is 22.8 Å². The van der Waals surface area contributed by atoms with Crippen LogP contribution in [0.3, 0.4) is 0 Å². The number of ether oxygens (including phenoxy) is 1. The Kier molecular flexibility index (Phi) is 10.0. The summed E-state index contributed by atoms with van der Waals surface area (Å²) in [4.78, 5) is 42.3. The van der Waals surface area contributed by atoms with Crippen molar-refractivity contribution in [2.75, 3.05) is 33.3 Å². The third-order valence-electron chi connectivity index (χ3n) is 9.10. The number of hydrogen-bond acceptors (Lipinski definition) is 6. The number of hydrogen-bond donors (Lipinski definition) is 1. The SMILES string of the molecule is COc1cc(C(=O)NS(=O)(=O)c2ccccc2C)ccc1Cn1cc(/C=C/C(=O)N2CCCC2)c2ccc(/C=C/C(=O)N3CCCC3)cc21. The number of sulfonamides is 1. The summed E-state index contributed by atoms with van der Waals surface area (Å²) in [6.45, 7) is 5.12. The number of benzene rings is 3. The average molecular weight is 681 g/mol. The molecule has 2 fully saturated rings. The Labute approximate surface area is 286 Å². The predicted molar refractivity (Wildman–Crippen MR) is 190 cm³/mol. The summed E-state index contributed by atoms with van der Waals surface area (Å²) in [5.41, 5.74) is 4.03. The molecule has 4 aromatic rings. The van der Waals surface area contributed by atoms with Crippen LogP contribution in [-0.4, -0.2) is 73.8 Å². The van der Waals surface area contributed by atoms with E-state index in [4.69, 9.17) is 4.74 Å². The Hall–Kier alpha value is -5.16. The first-order chi connectivity index (χ1) is 23.6. The topological polar surface area (TPSA) is 118 Å². The van der Waals surface area contributed by atoms with E-state index >= 15 is 0 Å². The Balaban J connectivity index is 1.29. The van der Waals surface area contributed by atoms with Gasteiger partial charge in [0.05, 0.1) is 18.6 Å². The van der Waals surface area contributed by atoms with Crippen molar-refractivity contribution in [1.82, 2.24) is 19.1 Å². The Morgan fingerprint density at radius 1 is 0.837 bits per heavy atom. The number of rotatable bonds is 10. The van der Waals surface area contributed by atoms with E-state index in [2.05, 4.69) is 4.72 Å². The van der Waals surface area contributed by atoms with Crippen LogP contribution in [0.2, 0.25) is 0 Å². The van der Waals surface area contributed by atoms with Crippen molar-refractivity contribution in [2.24, 2.45) is 0 Å². The molecule has 3 amide bonds. The number of carbonyl (C=O) groups excluding carboxylic acids is 3. The molecule has 49 heavy (non-hydrogen) atoms. The van der Waals surface area contributed by atoms with Gasteiger partial charge in [0.25, 0.3) is 15.9 Å². The molecule has 0 unspecified atom stereocenters. The van der Waals surface area contributed by atoms with E-state index in [1.54, 1.807) is 49.4 Å². The summed E-state index contributed by atoms with van der Waals surface area (Å²) in [5.74, 6) is -0.373. The van der Waals surface area contributed by atoms with Gasteiger partial charge in [0.2, 0.25) is 11.8 Å². The van der Waals surface area contributed by atoms with Crippen LogP contribution in [0.5, 0.6) is 5.75 Å². The molecule has 0 radical (unpaired) electrons. The normalized spacial score (nSPS) is 15.1. The fourth-order valence-electron chi connectivity index (χ4n) is 6.41. The maximum absolute atomic E-state index is 13.1. The van der Waals surface area contributed by atoms with Crippen molar-refractivity contribution in [3.63, 3.8) is 0 Å². The zero-order valence-electron chi connectivity index (χ0n) is 27.7. The van der Waals surface area contributed by atoms with Gasteiger partial charge in [0.1, 0.15) is 5.75 Å². The average Bonchev–Trinajstić information content (AvgIpc) is 3.89. The van der Waals surface area contributed by atoms with Gasteiger partial charge in [-0.1, -0.05) is 36.4 Å². The van der Waals surface area contributed by atoms with E-state index in [1.165, 1.54) is 19.2 Å². The summed E-state index contributed by atoms with van der Waals surface area (Å²) in [6.07, 6.45) is 12.9. The molecule has 0 aliphatic carbocycles. The van der Waals surface area contributed by atoms with E-state index in [-0.39, 0.29) is 22.3 Å². The molecule has 1 N–H and O–H groups in total. The van der Waals surface area contributed by atoms with Crippen molar-refractivity contribution < 1.29 is 27.5 Å². The molecule has 10 nitrogen and oxygen atoms in total. The molecular weight excluding hydrogens is 641 g/mol. The summed E-state index contributed by atoms with van der Waals surface area (Å²) >= 11 is 0. The van der Waals surface area contributed by atoms with Gasteiger partial charge in [0, 0.05) is 72.1 Å². The van der Waals surface area contributed by atoms with Crippen molar-refractivity contribution in [2.45, 2.75) is 44.0 Å². The van der Waals surface area contributed by atoms with Crippen LogP contribution < -0.4 is 9.46 Å². The number of amides is 3. The highest BCUT2D eigenvalue weighted by molar-refractivity contribution is 7.90. The minimum Gasteiger partial charge on any atom is -0.496 e. The van der Waals surface area contributed by atoms with Crippen LogP contribution in [0.4, 0.5) is 0 Å².